The Hall–Kier alpha value is -1.75. The molecule has 0 heterocycles. The summed E-state index contributed by atoms with van der Waals surface area (Å²) < 4.78 is 5.32. The van der Waals surface area contributed by atoms with Gasteiger partial charge in [-0.1, -0.05) is 6.07 Å². The molecule has 0 unspecified atom stereocenters. The molecule has 0 bridgehead atoms. The second-order valence-electron chi connectivity index (χ2n) is 5.49. The van der Waals surface area contributed by atoms with Gasteiger partial charge in [-0.25, -0.2) is 4.79 Å². The number of carbonyl (C=O) groups is 1. The Bertz CT molecular complexity index is 486. The van der Waals surface area contributed by atoms with Crippen LogP contribution in [-0.2, 0) is 0 Å². The third-order valence-corrected chi connectivity index (χ3v) is 3.65. The summed E-state index contributed by atoms with van der Waals surface area (Å²) in [5, 5.41) is 11.8. The number of anilines is 1. The van der Waals surface area contributed by atoms with Crippen molar-refractivity contribution >= 4 is 11.7 Å². The molecule has 0 spiro atoms. The highest BCUT2D eigenvalue weighted by Gasteiger charge is 2.32. The number of amides is 2. The van der Waals surface area contributed by atoms with Crippen molar-refractivity contribution in [2.24, 2.45) is 0 Å². The van der Waals surface area contributed by atoms with Crippen LogP contribution in [0.2, 0.25) is 0 Å². The first kappa shape index (κ1) is 15.6. The van der Waals surface area contributed by atoms with Crippen LogP contribution >= 0.6 is 0 Å². The van der Waals surface area contributed by atoms with Crippen LogP contribution in [0.3, 0.4) is 0 Å². The molecule has 1 aromatic rings. The molecule has 0 aromatic heterocycles. The maximum Gasteiger partial charge on any atom is 0.322 e. The lowest BCUT2D eigenvalue weighted by molar-refractivity contribution is 0.204. The number of aliphatic hydroxyl groups excluding tert-OH is 1. The van der Waals surface area contributed by atoms with Crippen LogP contribution in [0.25, 0.3) is 0 Å². The number of hydrogen-bond donors (Lipinski definition) is 2. The van der Waals surface area contributed by atoms with Crippen LogP contribution in [0.15, 0.2) is 18.2 Å². The Morgan fingerprint density at radius 3 is 2.81 bits per heavy atom. The van der Waals surface area contributed by atoms with Crippen LogP contribution in [0.1, 0.15) is 31.2 Å². The van der Waals surface area contributed by atoms with Crippen molar-refractivity contribution in [3.63, 3.8) is 0 Å². The largest absolute Gasteiger partial charge is 0.495 e. The molecule has 5 heteroatoms. The number of aryl methyl sites for hydroxylation is 1. The lowest BCUT2D eigenvalue weighted by Crippen LogP contribution is -2.37. The maximum absolute atomic E-state index is 12.4. The molecule has 1 aliphatic carbocycles. The number of ether oxygens (including phenoxy) is 1. The fraction of sp³-hybridized carbons (Fsp3) is 0.562. The number of rotatable bonds is 7. The second kappa shape index (κ2) is 7.31. The first-order chi connectivity index (χ1) is 10.2. The number of aliphatic hydroxyl groups is 1. The third kappa shape index (κ3) is 4.36. The summed E-state index contributed by atoms with van der Waals surface area (Å²) in [6.07, 6.45) is 3.69. The molecule has 1 saturated carbocycles. The highest BCUT2D eigenvalue weighted by atomic mass is 16.5. The van der Waals surface area contributed by atoms with Gasteiger partial charge in [0, 0.05) is 19.2 Å². The van der Waals surface area contributed by atoms with Gasteiger partial charge >= 0.3 is 6.03 Å². The van der Waals surface area contributed by atoms with E-state index < -0.39 is 0 Å². The number of nitrogens with zero attached hydrogens (tertiary/aromatic N) is 1. The van der Waals surface area contributed by atoms with Gasteiger partial charge in [0.05, 0.1) is 12.8 Å². The highest BCUT2D eigenvalue weighted by Crippen LogP contribution is 2.30. The zero-order chi connectivity index (χ0) is 15.2. The summed E-state index contributed by atoms with van der Waals surface area (Å²) in [5.41, 5.74) is 1.78. The monoisotopic (exact) mass is 292 g/mol. The first-order valence-electron chi connectivity index (χ1n) is 7.49. The second-order valence-corrected chi connectivity index (χ2v) is 5.49. The van der Waals surface area contributed by atoms with Crippen molar-refractivity contribution in [3.05, 3.63) is 23.8 Å². The Kier molecular flexibility index (Phi) is 5.44. The topological polar surface area (TPSA) is 61.8 Å². The van der Waals surface area contributed by atoms with Gasteiger partial charge in [-0.3, -0.25) is 0 Å². The van der Waals surface area contributed by atoms with E-state index in [0.29, 0.717) is 24.0 Å². The van der Waals surface area contributed by atoms with E-state index in [1.165, 1.54) is 0 Å². The van der Waals surface area contributed by atoms with Crippen molar-refractivity contribution in [1.29, 1.82) is 0 Å². The summed E-state index contributed by atoms with van der Waals surface area (Å²) in [6.45, 7) is 2.84. The zero-order valence-corrected chi connectivity index (χ0v) is 12.8. The summed E-state index contributed by atoms with van der Waals surface area (Å²) in [7, 11) is 1.60. The number of unbranched alkanes of at least 4 members (excludes halogenated alkanes) is 1. The number of methoxy groups -OCH3 is 1. The normalized spacial score (nSPS) is 13.9. The van der Waals surface area contributed by atoms with Gasteiger partial charge < -0.3 is 20.1 Å². The Balaban J connectivity index is 2.01. The van der Waals surface area contributed by atoms with E-state index in [1.807, 2.05) is 30.0 Å². The Labute approximate surface area is 125 Å². The van der Waals surface area contributed by atoms with Crippen LogP contribution in [0.5, 0.6) is 5.75 Å². The van der Waals surface area contributed by atoms with Gasteiger partial charge in [-0.15, -0.1) is 0 Å². The molecule has 0 saturated heterocycles. The van der Waals surface area contributed by atoms with E-state index in [9.17, 15) is 4.79 Å². The van der Waals surface area contributed by atoms with E-state index in [0.717, 1.165) is 31.2 Å². The fourth-order valence-electron chi connectivity index (χ4n) is 2.32. The molecular formula is C16H24N2O3. The van der Waals surface area contributed by atoms with Crippen molar-refractivity contribution in [1.82, 2.24) is 4.90 Å². The minimum Gasteiger partial charge on any atom is -0.495 e. The van der Waals surface area contributed by atoms with Crippen molar-refractivity contribution in [2.45, 2.75) is 38.6 Å². The number of nitrogens with one attached hydrogen (secondary N) is 1. The van der Waals surface area contributed by atoms with E-state index in [2.05, 4.69) is 5.32 Å². The van der Waals surface area contributed by atoms with E-state index in [4.69, 9.17) is 9.84 Å². The summed E-state index contributed by atoms with van der Waals surface area (Å²) in [4.78, 5) is 14.3. The third-order valence-electron chi connectivity index (χ3n) is 3.65. The molecule has 0 radical (unpaired) electrons. The predicted octanol–water partition coefficient (Wildman–Crippen LogP) is 2.77. The quantitative estimate of drug-likeness (QED) is 0.760. The molecule has 2 amide bonds. The maximum atomic E-state index is 12.4. The van der Waals surface area contributed by atoms with Crippen molar-refractivity contribution in [2.75, 3.05) is 25.6 Å². The minimum atomic E-state index is -0.0856. The molecule has 0 aliphatic heterocycles. The lowest BCUT2D eigenvalue weighted by Gasteiger charge is -2.23. The lowest BCUT2D eigenvalue weighted by atomic mass is 10.2. The van der Waals surface area contributed by atoms with Gasteiger partial charge in [-0.2, -0.15) is 0 Å². The first-order valence-corrected chi connectivity index (χ1v) is 7.49. The molecule has 116 valence electrons. The fourth-order valence-corrected chi connectivity index (χ4v) is 2.32. The molecule has 21 heavy (non-hydrogen) atoms. The van der Waals surface area contributed by atoms with Gasteiger partial charge in [0.1, 0.15) is 5.75 Å². The van der Waals surface area contributed by atoms with Gasteiger partial charge in [0.25, 0.3) is 0 Å². The van der Waals surface area contributed by atoms with E-state index in [1.54, 1.807) is 7.11 Å². The number of benzene rings is 1. The minimum absolute atomic E-state index is 0.0856. The predicted molar refractivity (Wildman–Crippen MR) is 82.8 cm³/mol. The van der Waals surface area contributed by atoms with Crippen LogP contribution in [0, 0.1) is 6.92 Å². The van der Waals surface area contributed by atoms with Crippen LogP contribution in [-0.4, -0.2) is 42.3 Å². The molecule has 5 nitrogen and oxygen atoms in total. The molecular weight excluding hydrogens is 268 g/mol. The average molecular weight is 292 g/mol. The molecule has 1 fully saturated rings. The SMILES string of the molecule is COc1cc(C)ccc1NC(=O)N(CCCCO)C1CC1. The van der Waals surface area contributed by atoms with Crippen LogP contribution < -0.4 is 10.1 Å². The molecule has 2 rings (SSSR count). The molecule has 0 atom stereocenters. The highest BCUT2D eigenvalue weighted by molar-refractivity contribution is 5.91. The van der Waals surface area contributed by atoms with E-state index in [-0.39, 0.29) is 12.6 Å². The smallest absolute Gasteiger partial charge is 0.322 e. The van der Waals surface area contributed by atoms with E-state index >= 15 is 0 Å². The standard InChI is InChI=1S/C16H24N2O3/c1-12-5-8-14(15(11-12)21-2)17-16(20)18(13-6-7-13)9-3-4-10-19/h5,8,11,13,19H,3-4,6-7,9-10H2,1-2H3,(H,17,20). The summed E-state index contributed by atoms with van der Waals surface area (Å²) in [6, 6.07) is 5.98. The average Bonchev–Trinajstić information content (AvgIpc) is 3.30. The summed E-state index contributed by atoms with van der Waals surface area (Å²) >= 11 is 0. The summed E-state index contributed by atoms with van der Waals surface area (Å²) in [5.74, 6) is 0.675. The van der Waals surface area contributed by atoms with Crippen molar-refractivity contribution in [3.8, 4) is 5.75 Å². The van der Waals surface area contributed by atoms with Gasteiger partial charge in [0.2, 0.25) is 0 Å². The Morgan fingerprint density at radius 2 is 2.19 bits per heavy atom. The zero-order valence-electron chi connectivity index (χ0n) is 12.8. The molecule has 1 aromatic carbocycles. The molecule has 1 aliphatic rings. The van der Waals surface area contributed by atoms with Crippen molar-refractivity contribution < 1.29 is 14.6 Å². The number of urea groups is 1. The van der Waals surface area contributed by atoms with Gasteiger partial charge in [0.15, 0.2) is 0 Å². The number of carbonyl (C=O) groups excluding carboxylic acids is 1. The Morgan fingerprint density at radius 1 is 1.43 bits per heavy atom. The molecule has 2 N–H and O–H groups in total. The van der Waals surface area contributed by atoms with Gasteiger partial charge in [-0.05, 0) is 50.3 Å². The number of hydrogen-bond acceptors (Lipinski definition) is 3. The van der Waals surface area contributed by atoms with Crippen LogP contribution in [0.4, 0.5) is 10.5 Å².